The summed E-state index contributed by atoms with van der Waals surface area (Å²) in [6, 6.07) is 14.4. The summed E-state index contributed by atoms with van der Waals surface area (Å²) in [6.45, 7) is 6.66. The zero-order chi connectivity index (χ0) is 18.3. The van der Waals surface area contributed by atoms with E-state index < -0.39 is 7.75 Å². The summed E-state index contributed by atoms with van der Waals surface area (Å²) in [5, 5.41) is 2.90. The summed E-state index contributed by atoms with van der Waals surface area (Å²) in [5.74, 6) is -0.136. The Balaban J connectivity index is 2.04. The third kappa shape index (κ3) is 5.48. The fourth-order valence-corrected chi connectivity index (χ4v) is 3.96. The zero-order valence-electron chi connectivity index (χ0n) is 14.9. The molecule has 2 aromatic carbocycles. The number of nitrogens with one attached hydrogen (secondary N) is 1. The average Bonchev–Trinajstić information content (AvgIpc) is 2.61. The van der Waals surface area contributed by atoms with Crippen LogP contribution < -0.4 is 5.09 Å². The number of hydrogen-bond acceptors (Lipinski definition) is 3. The van der Waals surface area contributed by atoms with Crippen molar-refractivity contribution in [3.05, 3.63) is 59.9 Å². The standard InChI is InChI=1S/C19H25FNO3P/c1-4-23-25(22,24-5-2)21-14-15(3)16-10-12-17(13-11-16)18-8-6-7-9-19(18)20/h6-13,15H,4-5,14H2,1-3H3,(H,21,22). The van der Waals surface area contributed by atoms with Crippen molar-refractivity contribution in [3.8, 4) is 11.1 Å². The molecule has 0 spiro atoms. The Morgan fingerprint density at radius 3 is 2.20 bits per heavy atom. The van der Waals surface area contributed by atoms with E-state index in [9.17, 15) is 8.96 Å². The van der Waals surface area contributed by atoms with Gasteiger partial charge in [0.15, 0.2) is 0 Å². The third-order valence-electron chi connectivity index (χ3n) is 3.85. The van der Waals surface area contributed by atoms with Crippen LogP contribution in [-0.4, -0.2) is 19.8 Å². The molecule has 0 saturated heterocycles. The van der Waals surface area contributed by atoms with E-state index in [2.05, 4.69) is 5.09 Å². The Kier molecular flexibility index (Phi) is 7.33. The minimum Gasteiger partial charge on any atom is -0.297 e. The molecule has 0 bridgehead atoms. The fourth-order valence-electron chi connectivity index (χ4n) is 2.52. The van der Waals surface area contributed by atoms with Gasteiger partial charge in [0, 0.05) is 12.1 Å². The van der Waals surface area contributed by atoms with Crippen LogP contribution in [0.1, 0.15) is 32.3 Å². The predicted octanol–water partition coefficient (Wildman–Crippen LogP) is 5.37. The van der Waals surface area contributed by atoms with E-state index in [0.717, 1.165) is 11.1 Å². The van der Waals surface area contributed by atoms with Gasteiger partial charge < -0.3 is 0 Å². The Hall–Kier alpha value is -1.52. The minimum atomic E-state index is -3.26. The van der Waals surface area contributed by atoms with Crippen molar-refractivity contribution in [2.45, 2.75) is 26.7 Å². The Labute approximate surface area is 149 Å². The molecule has 0 aromatic heterocycles. The first-order chi connectivity index (χ1) is 12.0. The van der Waals surface area contributed by atoms with Crippen molar-refractivity contribution in [1.82, 2.24) is 5.09 Å². The molecule has 2 rings (SSSR count). The highest BCUT2D eigenvalue weighted by Crippen LogP contribution is 2.43. The maximum Gasteiger partial charge on any atom is 0.405 e. The van der Waals surface area contributed by atoms with Crippen molar-refractivity contribution in [3.63, 3.8) is 0 Å². The predicted molar refractivity (Wildman–Crippen MR) is 99.1 cm³/mol. The Morgan fingerprint density at radius 2 is 1.64 bits per heavy atom. The highest BCUT2D eigenvalue weighted by atomic mass is 31.2. The number of hydrogen-bond donors (Lipinski definition) is 1. The van der Waals surface area contributed by atoms with E-state index in [4.69, 9.17) is 9.05 Å². The molecule has 0 heterocycles. The van der Waals surface area contributed by atoms with Gasteiger partial charge in [-0.15, -0.1) is 0 Å². The van der Waals surface area contributed by atoms with Crippen LogP contribution in [0.3, 0.4) is 0 Å². The van der Waals surface area contributed by atoms with Crippen molar-refractivity contribution >= 4 is 7.75 Å². The van der Waals surface area contributed by atoms with Gasteiger partial charge in [-0.1, -0.05) is 49.4 Å². The van der Waals surface area contributed by atoms with Crippen molar-refractivity contribution in [2.24, 2.45) is 0 Å². The van der Waals surface area contributed by atoms with Crippen LogP contribution in [0.5, 0.6) is 0 Å². The monoisotopic (exact) mass is 365 g/mol. The topological polar surface area (TPSA) is 47.6 Å². The van der Waals surface area contributed by atoms with E-state index in [-0.39, 0.29) is 11.7 Å². The van der Waals surface area contributed by atoms with Gasteiger partial charge in [-0.2, -0.15) is 0 Å². The summed E-state index contributed by atoms with van der Waals surface area (Å²) < 4.78 is 36.7. The first-order valence-corrected chi connectivity index (χ1v) is 10.0. The number of halogens is 1. The number of benzene rings is 2. The van der Waals surface area contributed by atoms with Crippen LogP contribution in [0.25, 0.3) is 11.1 Å². The van der Waals surface area contributed by atoms with E-state index in [0.29, 0.717) is 25.3 Å². The minimum absolute atomic E-state index is 0.101. The first-order valence-electron chi connectivity index (χ1n) is 8.48. The van der Waals surface area contributed by atoms with E-state index >= 15 is 0 Å². The highest BCUT2D eigenvalue weighted by molar-refractivity contribution is 7.51. The average molecular weight is 365 g/mol. The normalized spacial score (nSPS) is 13.0. The maximum absolute atomic E-state index is 13.9. The van der Waals surface area contributed by atoms with E-state index in [1.807, 2.05) is 37.3 Å². The highest BCUT2D eigenvalue weighted by Gasteiger charge is 2.23. The molecule has 0 fully saturated rings. The van der Waals surface area contributed by atoms with E-state index in [1.54, 1.807) is 26.0 Å². The van der Waals surface area contributed by atoms with Crippen LogP contribution >= 0.6 is 7.75 Å². The van der Waals surface area contributed by atoms with Gasteiger partial charge in [0.2, 0.25) is 0 Å². The molecule has 0 radical (unpaired) electrons. The second-order valence-electron chi connectivity index (χ2n) is 5.70. The molecular weight excluding hydrogens is 340 g/mol. The zero-order valence-corrected chi connectivity index (χ0v) is 15.8. The SMILES string of the molecule is CCOP(=O)(NCC(C)c1ccc(-c2ccccc2F)cc1)OCC. The smallest absolute Gasteiger partial charge is 0.297 e. The van der Waals surface area contributed by atoms with Gasteiger partial charge in [-0.25, -0.2) is 14.0 Å². The lowest BCUT2D eigenvalue weighted by Crippen LogP contribution is -2.20. The van der Waals surface area contributed by atoms with Crippen LogP contribution in [0.15, 0.2) is 48.5 Å². The first kappa shape index (κ1) is 19.8. The van der Waals surface area contributed by atoms with Crippen LogP contribution in [0, 0.1) is 5.82 Å². The fraction of sp³-hybridized carbons (Fsp3) is 0.368. The quantitative estimate of drug-likeness (QED) is 0.607. The Bertz CT molecular complexity index is 711. The summed E-state index contributed by atoms with van der Waals surface area (Å²) in [4.78, 5) is 0. The van der Waals surface area contributed by atoms with Gasteiger partial charge in [0.25, 0.3) is 0 Å². The molecule has 0 aliphatic heterocycles. The molecule has 1 atom stereocenters. The van der Waals surface area contributed by atoms with Crippen LogP contribution in [0.4, 0.5) is 4.39 Å². The molecule has 0 saturated carbocycles. The molecule has 6 heteroatoms. The van der Waals surface area contributed by atoms with Gasteiger partial charge in [0.1, 0.15) is 5.82 Å². The summed E-state index contributed by atoms with van der Waals surface area (Å²) in [7, 11) is -3.26. The lowest BCUT2D eigenvalue weighted by atomic mass is 9.97. The van der Waals surface area contributed by atoms with Gasteiger partial charge in [0.05, 0.1) is 13.2 Å². The van der Waals surface area contributed by atoms with Crippen molar-refractivity contribution < 1.29 is 18.0 Å². The van der Waals surface area contributed by atoms with Crippen LogP contribution in [-0.2, 0) is 13.6 Å². The lowest BCUT2D eigenvalue weighted by molar-refractivity contribution is 0.210. The second-order valence-corrected chi connectivity index (χ2v) is 7.53. The summed E-state index contributed by atoms with van der Waals surface area (Å²) in [5.41, 5.74) is 2.47. The lowest BCUT2D eigenvalue weighted by Gasteiger charge is -2.20. The van der Waals surface area contributed by atoms with Crippen molar-refractivity contribution in [1.29, 1.82) is 0 Å². The molecule has 0 amide bonds. The molecular formula is C19H25FNO3P. The van der Waals surface area contributed by atoms with Crippen molar-refractivity contribution in [2.75, 3.05) is 19.8 Å². The van der Waals surface area contributed by atoms with Gasteiger partial charge in [-0.05, 0) is 37.0 Å². The van der Waals surface area contributed by atoms with Gasteiger partial charge >= 0.3 is 7.75 Å². The molecule has 2 aromatic rings. The molecule has 25 heavy (non-hydrogen) atoms. The molecule has 0 aliphatic rings. The van der Waals surface area contributed by atoms with Crippen LogP contribution in [0.2, 0.25) is 0 Å². The number of rotatable bonds is 9. The second kappa shape index (κ2) is 9.25. The van der Waals surface area contributed by atoms with Gasteiger partial charge in [-0.3, -0.25) is 9.05 Å². The van der Waals surface area contributed by atoms with E-state index in [1.165, 1.54) is 6.07 Å². The third-order valence-corrected chi connectivity index (χ3v) is 5.62. The molecule has 1 unspecified atom stereocenters. The maximum atomic E-state index is 13.9. The molecule has 4 nitrogen and oxygen atoms in total. The molecule has 1 N–H and O–H groups in total. The Morgan fingerprint density at radius 1 is 1.04 bits per heavy atom. The summed E-state index contributed by atoms with van der Waals surface area (Å²) in [6.07, 6.45) is 0. The molecule has 0 aliphatic carbocycles. The summed E-state index contributed by atoms with van der Waals surface area (Å²) >= 11 is 0. The largest absolute Gasteiger partial charge is 0.405 e. The molecule has 136 valence electrons.